The van der Waals surface area contributed by atoms with Crippen molar-refractivity contribution in [1.29, 1.82) is 0 Å². The zero-order valence-corrected chi connectivity index (χ0v) is 10.2. The number of nitrogens with zero attached hydrogens (tertiary/aromatic N) is 2. The smallest absolute Gasteiger partial charge is 0.133 e. The highest BCUT2D eigenvalue weighted by Gasteiger charge is 2.09. The van der Waals surface area contributed by atoms with Crippen LogP contribution in [-0.2, 0) is 13.1 Å². The van der Waals surface area contributed by atoms with Gasteiger partial charge in [0.2, 0.25) is 0 Å². The zero-order valence-electron chi connectivity index (χ0n) is 10.2. The Bertz CT molecular complexity index is 479. The lowest BCUT2D eigenvalue weighted by atomic mass is 10.2. The van der Waals surface area contributed by atoms with Gasteiger partial charge in [-0.15, -0.1) is 0 Å². The van der Waals surface area contributed by atoms with Crippen LogP contribution >= 0.6 is 0 Å². The van der Waals surface area contributed by atoms with E-state index in [2.05, 4.69) is 9.88 Å². The van der Waals surface area contributed by atoms with Gasteiger partial charge in [-0.3, -0.25) is 0 Å². The van der Waals surface area contributed by atoms with E-state index in [1.807, 2.05) is 32.2 Å². The van der Waals surface area contributed by atoms with Gasteiger partial charge in [-0.2, -0.15) is 0 Å². The molecule has 2 aromatic rings. The third-order valence-corrected chi connectivity index (χ3v) is 2.68. The second-order valence-corrected chi connectivity index (χ2v) is 4.13. The molecule has 0 spiro atoms. The van der Waals surface area contributed by atoms with Gasteiger partial charge in [-0.1, -0.05) is 6.07 Å². The van der Waals surface area contributed by atoms with Gasteiger partial charge in [0.15, 0.2) is 0 Å². The fraction of sp³-hybridized carbons (Fsp3) is 0.308. The Balaban J connectivity index is 2.23. The highest BCUT2D eigenvalue weighted by Crippen LogP contribution is 2.19. The van der Waals surface area contributed by atoms with Crippen LogP contribution < -0.4 is 10.6 Å². The molecule has 2 heterocycles. The Morgan fingerprint density at radius 3 is 2.82 bits per heavy atom. The van der Waals surface area contributed by atoms with E-state index >= 15 is 0 Å². The Morgan fingerprint density at radius 1 is 1.35 bits per heavy atom. The fourth-order valence-electron chi connectivity index (χ4n) is 1.79. The van der Waals surface area contributed by atoms with Gasteiger partial charge < -0.3 is 15.1 Å². The van der Waals surface area contributed by atoms with E-state index in [0.717, 1.165) is 29.2 Å². The number of pyridine rings is 1. The molecule has 0 aliphatic heterocycles. The maximum Gasteiger partial charge on any atom is 0.133 e. The first-order chi connectivity index (χ1) is 8.20. The second kappa shape index (κ2) is 5.01. The molecule has 4 heteroatoms. The highest BCUT2D eigenvalue weighted by atomic mass is 16.3. The molecular weight excluding hydrogens is 214 g/mol. The monoisotopic (exact) mass is 231 g/mol. The molecule has 0 atom stereocenters. The van der Waals surface area contributed by atoms with Crippen molar-refractivity contribution in [2.75, 3.05) is 11.9 Å². The molecule has 0 aliphatic rings. The van der Waals surface area contributed by atoms with E-state index < -0.39 is 0 Å². The van der Waals surface area contributed by atoms with Crippen LogP contribution in [-0.4, -0.2) is 12.0 Å². The van der Waals surface area contributed by atoms with Gasteiger partial charge in [0, 0.05) is 37.0 Å². The van der Waals surface area contributed by atoms with E-state index in [1.54, 1.807) is 12.5 Å². The van der Waals surface area contributed by atoms with E-state index in [4.69, 9.17) is 10.2 Å². The molecule has 0 aliphatic carbocycles. The lowest BCUT2D eigenvalue weighted by Gasteiger charge is -2.20. The molecule has 17 heavy (non-hydrogen) atoms. The first kappa shape index (κ1) is 11.7. The van der Waals surface area contributed by atoms with Gasteiger partial charge in [-0.05, 0) is 19.1 Å². The quantitative estimate of drug-likeness (QED) is 0.875. The predicted octanol–water partition coefficient (Wildman–Crippen LogP) is 2.08. The van der Waals surface area contributed by atoms with Crippen molar-refractivity contribution in [1.82, 2.24) is 4.98 Å². The van der Waals surface area contributed by atoms with Crippen molar-refractivity contribution < 1.29 is 4.42 Å². The highest BCUT2D eigenvalue weighted by molar-refractivity contribution is 5.47. The van der Waals surface area contributed by atoms with Crippen LogP contribution in [0.5, 0.6) is 0 Å². The molecule has 2 N–H and O–H groups in total. The number of hydrogen-bond acceptors (Lipinski definition) is 4. The van der Waals surface area contributed by atoms with Crippen molar-refractivity contribution in [3.05, 3.63) is 47.5 Å². The average molecular weight is 231 g/mol. The molecule has 0 saturated carbocycles. The number of hydrogen-bond donors (Lipinski definition) is 1. The van der Waals surface area contributed by atoms with Crippen molar-refractivity contribution >= 4 is 5.82 Å². The van der Waals surface area contributed by atoms with E-state index in [1.165, 1.54) is 0 Å². The standard InChI is InChI=1S/C13H17N3O/c1-10-3-4-12(7-14)13(15-10)16(2)8-11-5-6-17-9-11/h3-6,9H,7-8,14H2,1-2H3. The summed E-state index contributed by atoms with van der Waals surface area (Å²) in [5.41, 5.74) is 8.90. The van der Waals surface area contributed by atoms with Gasteiger partial charge in [0.1, 0.15) is 5.82 Å². The number of aromatic nitrogens is 1. The average Bonchev–Trinajstić information content (AvgIpc) is 2.81. The van der Waals surface area contributed by atoms with Gasteiger partial charge in [-0.25, -0.2) is 4.98 Å². The second-order valence-electron chi connectivity index (χ2n) is 4.13. The summed E-state index contributed by atoms with van der Waals surface area (Å²) in [5.74, 6) is 0.939. The summed E-state index contributed by atoms with van der Waals surface area (Å²) in [7, 11) is 2.01. The van der Waals surface area contributed by atoms with Crippen LogP contribution in [0.15, 0.2) is 35.1 Å². The van der Waals surface area contributed by atoms with E-state index in [-0.39, 0.29) is 0 Å². The van der Waals surface area contributed by atoms with Crippen LogP contribution in [0.4, 0.5) is 5.82 Å². The number of rotatable bonds is 4. The van der Waals surface area contributed by atoms with Crippen LogP contribution in [0.1, 0.15) is 16.8 Å². The summed E-state index contributed by atoms with van der Waals surface area (Å²) >= 11 is 0. The topological polar surface area (TPSA) is 55.3 Å². The van der Waals surface area contributed by atoms with E-state index in [0.29, 0.717) is 6.54 Å². The lowest BCUT2D eigenvalue weighted by molar-refractivity contribution is 0.563. The first-order valence-corrected chi connectivity index (χ1v) is 5.59. The summed E-state index contributed by atoms with van der Waals surface area (Å²) in [4.78, 5) is 6.62. The zero-order chi connectivity index (χ0) is 12.3. The molecule has 0 fully saturated rings. The summed E-state index contributed by atoms with van der Waals surface area (Å²) in [6.07, 6.45) is 3.42. The fourth-order valence-corrected chi connectivity index (χ4v) is 1.79. The largest absolute Gasteiger partial charge is 0.472 e. The van der Waals surface area contributed by atoms with Crippen LogP contribution in [0.3, 0.4) is 0 Å². The van der Waals surface area contributed by atoms with Gasteiger partial charge >= 0.3 is 0 Å². The van der Waals surface area contributed by atoms with Crippen LogP contribution in [0.25, 0.3) is 0 Å². The molecule has 0 unspecified atom stereocenters. The molecule has 2 rings (SSSR count). The molecule has 4 nitrogen and oxygen atoms in total. The summed E-state index contributed by atoms with van der Waals surface area (Å²) in [5, 5.41) is 0. The molecule has 0 aromatic carbocycles. The van der Waals surface area contributed by atoms with Crippen molar-refractivity contribution in [3.63, 3.8) is 0 Å². The summed E-state index contributed by atoms with van der Waals surface area (Å²) in [6, 6.07) is 5.97. The lowest BCUT2D eigenvalue weighted by Crippen LogP contribution is -2.20. The Morgan fingerprint density at radius 2 is 2.18 bits per heavy atom. The van der Waals surface area contributed by atoms with Gasteiger partial charge in [0.25, 0.3) is 0 Å². The molecule has 90 valence electrons. The van der Waals surface area contributed by atoms with E-state index in [9.17, 15) is 0 Å². The van der Waals surface area contributed by atoms with Crippen molar-refractivity contribution in [2.24, 2.45) is 5.73 Å². The predicted molar refractivity (Wildman–Crippen MR) is 67.7 cm³/mol. The SMILES string of the molecule is Cc1ccc(CN)c(N(C)Cc2ccoc2)n1. The molecule has 0 amide bonds. The number of furan rings is 1. The molecule has 0 saturated heterocycles. The third kappa shape index (κ3) is 2.65. The van der Waals surface area contributed by atoms with Crippen LogP contribution in [0.2, 0.25) is 0 Å². The Hall–Kier alpha value is -1.81. The normalized spacial score (nSPS) is 10.5. The van der Waals surface area contributed by atoms with Crippen molar-refractivity contribution in [3.8, 4) is 0 Å². The van der Waals surface area contributed by atoms with Gasteiger partial charge in [0.05, 0.1) is 12.5 Å². The maximum atomic E-state index is 5.73. The minimum atomic E-state index is 0.498. The summed E-state index contributed by atoms with van der Waals surface area (Å²) in [6.45, 7) is 3.24. The number of nitrogens with two attached hydrogens (primary N) is 1. The Labute approximate surface area is 101 Å². The minimum absolute atomic E-state index is 0.498. The van der Waals surface area contributed by atoms with Crippen LogP contribution in [0, 0.1) is 6.92 Å². The molecule has 0 bridgehead atoms. The molecule has 0 radical (unpaired) electrons. The van der Waals surface area contributed by atoms with Crippen molar-refractivity contribution in [2.45, 2.75) is 20.0 Å². The maximum absolute atomic E-state index is 5.73. The minimum Gasteiger partial charge on any atom is -0.472 e. The first-order valence-electron chi connectivity index (χ1n) is 5.59. The molecular formula is C13H17N3O. The molecule has 2 aromatic heterocycles. The Kier molecular flexibility index (Phi) is 3.44. The number of anilines is 1. The summed E-state index contributed by atoms with van der Waals surface area (Å²) < 4.78 is 5.06. The third-order valence-electron chi connectivity index (χ3n) is 2.68. The number of aryl methyl sites for hydroxylation is 1.